The second kappa shape index (κ2) is 18.0. The zero-order valence-electron chi connectivity index (χ0n) is 34.4. The van der Waals surface area contributed by atoms with E-state index in [1.807, 2.05) is 45.0 Å². The number of alkyl halides is 2. The summed E-state index contributed by atoms with van der Waals surface area (Å²) in [5.41, 5.74) is 2.11. The van der Waals surface area contributed by atoms with Crippen molar-refractivity contribution in [2.75, 3.05) is 47.7 Å². The van der Waals surface area contributed by atoms with Gasteiger partial charge in [0, 0.05) is 41.3 Å². The molecule has 1 aromatic heterocycles. The standard InChI is InChI=1S/C43H49F2N7O7S/c1-25(52-20-10-13-32(44)40(52)45)47-41(53)31-15-14-27(23-37(31)57-5)48-38-24-28(18-19-46-38)59-36-17-16-33(29-11-8-9-12-30(29)36)49-42(54)50-34-21-26(43(2,3)4)22-35(39(34)58-6)51-60(7,55)56/h8-9,11-12,14-19,21-25,32,40,51H,10,13,20H2,1-7H3,(H,46,48)(H,47,53)(H2,49,50,54). The lowest BCUT2D eigenvalue weighted by Crippen LogP contribution is -2.54. The van der Waals surface area contributed by atoms with E-state index in [1.165, 1.54) is 19.1 Å². The van der Waals surface area contributed by atoms with Crippen molar-refractivity contribution in [2.24, 2.45) is 0 Å². The predicted molar refractivity (Wildman–Crippen MR) is 230 cm³/mol. The number of rotatable bonds is 13. The van der Waals surface area contributed by atoms with Crippen molar-refractivity contribution in [1.82, 2.24) is 15.2 Å². The van der Waals surface area contributed by atoms with Crippen molar-refractivity contribution < 1.29 is 41.0 Å². The minimum Gasteiger partial charge on any atom is -0.496 e. The summed E-state index contributed by atoms with van der Waals surface area (Å²) in [6.07, 6.45) is -0.866. The summed E-state index contributed by atoms with van der Waals surface area (Å²) in [6.45, 7) is 7.86. The Morgan fingerprint density at radius 3 is 2.30 bits per heavy atom. The highest BCUT2D eigenvalue weighted by atomic mass is 32.2. The Balaban J connectivity index is 1.17. The molecule has 14 nitrogen and oxygen atoms in total. The first-order valence-electron chi connectivity index (χ1n) is 19.2. The van der Waals surface area contributed by atoms with Crippen LogP contribution in [0.2, 0.25) is 0 Å². The second-order valence-electron chi connectivity index (χ2n) is 15.4. The smallest absolute Gasteiger partial charge is 0.323 e. The number of nitrogens with zero attached hydrogens (tertiary/aromatic N) is 2. The third-order valence-electron chi connectivity index (χ3n) is 9.86. The number of amides is 3. The lowest BCUT2D eigenvalue weighted by molar-refractivity contribution is -0.0460. The molecular weight excluding hydrogens is 797 g/mol. The van der Waals surface area contributed by atoms with Crippen molar-refractivity contribution in [3.05, 3.63) is 96.2 Å². The number of hydrogen-bond acceptors (Lipinski definition) is 10. The van der Waals surface area contributed by atoms with E-state index in [0.29, 0.717) is 52.4 Å². The molecule has 318 valence electrons. The Kier molecular flexibility index (Phi) is 13.0. The molecule has 17 heteroatoms. The highest BCUT2D eigenvalue weighted by Gasteiger charge is 2.35. The van der Waals surface area contributed by atoms with Crippen LogP contribution in [0.25, 0.3) is 10.8 Å². The minimum atomic E-state index is -3.66. The lowest BCUT2D eigenvalue weighted by atomic mass is 9.86. The molecule has 2 heterocycles. The number of likely N-dealkylation sites (tertiary alicyclic amines) is 1. The van der Waals surface area contributed by atoms with E-state index in [9.17, 15) is 26.8 Å². The average Bonchev–Trinajstić information content (AvgIpc) is 3.18. The lowest BCUT2D eigenvalue weighted by Gasteiger charge is -2.37. The molecule has 3 amide bonds. The third-order valence-corrected chi connectivity index (χ3v) is 10.5. The van der Waals surface area contributed by atoms with E-state index in [-0.39, 0.29) is 40.3 Å². The fraction of sp³-hybridized carbons (Fsp3) is 0.326. The minimum absolute atomic E-state index is 0.151. The molecular formula is C43H49F2N7O7S. The quantitative estimate of drug-likeness (QED) is 0.0721. The summed E-state index contributed by atoms with van der Waals surface area (Å²) >= 11 is 0. The summed E-state index contributed by atoms with van der Waals surface area (Å²) < 4.78 is 72.7. The van der Waals surface area contributed by atoms with Crippen molar-refractivity contribution >= 4 is 61.3 Å². The zero-order chi connectivity index (χ0) is 43.4. The van der Waals surface area contributed by atoms with Gasteiger partial charge in [0.15, 0.2) is 12.0 Å². The number of benzene rings is 4. The van der Waals surface area contributed by atoms with Crippen LogP contribution < -0.4 is 40.2 Å². The van der Waals surface area contributed by atoms with Gasteiger partial charge in [-0.3, -0.25) is 14.4 Å². The van der Waals surface area contributed by atoms with Gasteiger partial charge in [-0.2, -0.15) is 0 Å². The van der Waals surface area contributed by atoms with Gasteiger partial charge in [-0.15, -0.1) is 0 Å². The van der Waals surface area contributed by atoms with E-state index in [0.717, 1.165) is 11.8 Å². The van der Waals surface area contributed by atoms with Gasteiger partial charge in [0.05, 0.1) is 49.3 Å². The van der Waals surface area contributed by atoms with Crippen LogP contribution in [0.5, 0.6) is 23.0 Å². The van der Waals surface area contributed by atoms with Gasteiger partial charge in [0.2, 0.25) is 10.0 Å². The normalized spacial score (nSPS) is 16.4. The monoisotopic (exact) mass is 845 g/mol. The van der Waals surface area contributed by atoms with Crippen LogP contribution in [-0.2, 0) is 15.4 Å². The first kappa shape index (κ1) is 43.4. The first-order chi connectivity index (χ1) is 28.4. The van der Waals surface area contributed by atoms with Crippen molar-refractivity contribution in [3.63, 3.8) is 0 Å². The fourth-order valence-electron chi connectivity index (χ4n) is 6.87. The maximum absolute atomic E-state index is 14.5. The number of urea groups is 1. The van der Waals surface area contributed by atoms with Gasteiger partial charge in [-0.1, -0.05) is 45.0 Å². The number of fused-ring (bicyclic) bond motifs is 1. The largest absolute Gasteiger partial charge is 0.496 e. The Morgan fingerprint density at radius 2 is 1.60 bits per heavy atom. The van der Waals surface area contributed by atoms with Gasteiger partial charge in [-0.25, -0.2) is 27.0 Å². The van der Waals surface area contributed by atoms with Crippen LogP contribution in [0.15, 0.2) is 85.1 Å². The van der Waals surface area contributed by atoms with E-state index >= 15 is 0 Å². The molecule has 3 atom stereocenters. The Morgan fingerprint density at radius 1 is 0.883 bits per heavy atom. The number of pyridine rings is 1. The molecule has 5 N–H and O–H groups in total. The molecule has 60 heavy (non-hydrogen) atoms. The predicted octanol–water partition coefficient (Wildman–Crippen LogP) is 8.91. The molecule has 1 aliphatic heterocycles. The van der Waals surface area contributed by atoms with Gasteiger partial charge in [-0.05, 0) is 73.2 Å². The molecule has 1 fully saturated rings. The van der Waals surface area contributed by atoms with E-state index < -0.39 is 40.6 Å². The molecule has 0 bridgehead atoms. The molecule has 6 rings (SSSR count). The summed E-state index contributed by atoms with van der Waals surface area (Å²) in [6, 6.07) is 21.9. The number of sulfonamides is 1. The zero-order valence-corrected chi connectivity index (χ0v) is 35.2. The Hall–Kier alpha value is -6.20. The Bertz CT molecular complexity index is 2500. The number of aromatic nitrogens is 1. The maximum atomic E-state index is 14.5. The highest BCUT2D eigenvalue weighted by molar-refractivity contribution is 7.92. The molecule has 0 radical (unpaired) electrons. The first-order valence-corrected chi connectivity index (χ1v) is 21.1. The van der Waals surface area contributed by atoms with Crippen LogP contribution in [0.3, 0.4) is 0 Å². The molecule has 5 aromatic rings. The number of halogens is 2. The molecule has 1 saturated heterocycles. The number of nitrogens with one attached hydrogen (secondary N) is 5. The van der Waals surface area contributed by atoms with Gasteiger partial charge < -0.3 is 35.5 Å². The van der Waals surface area contributed by atoms with Gasteiger partial charge in [0.25, 0.3) is 5.91 Å². The average molecular weight is 846 g/mol. The summed E-state index contributed by atoms with van der Waals surface area (Å²) in [4.78, 5) is 32.4. The second-order valence-corrected chi connectivity index (χ2v) is 17.2. The molecule has 1 aliphatic rings. The van der Waals surface area contributed by atoms with Crippen molar-refractivity contribution in [1.29, 1.82) is 0 Å². The number of hydrogen-bond donors (Lipinski definition) is 5. The summed E-state index contributed by atoms with van der Waals surface area (Å²) in [7, 11) is -0.839. The number of carbonyl (C=O) groups is 2. The molecule has 0 spiro atoms. The fourth-order valence-corrected chi connectivity index (χ4v) is 7.42. The highest BCUT2D eigenvalue weighted by Crippen LogP contribution is 2.40. The molecule has 0 saturated carbocycles. The van der Waals surface area contributed by atoms with Crippen molar-refractivity contribution in [2.45, 2.75) is 64.6 Å². The molecule has 0 aliphatic carbocycles. The van der Waals surface area contributed by atoms with E-state index in [4.69, 9.17) is 14.2 Å². The van der Waals surface area contributed by atoms with Gasteiger partial charge in [0.1, 0.15) is 29.2 Å². The SMILES string of the molecule is COc1cc(Nc2cc(Oc3ccc(NC(=O)Nc4cc(C(C)(C)C)cc(NS(C)(=O)=O)c4OC)c4ccccc34)ccn2)ccc1C(=O)NC(C)N1CCCC(F)C1F. The van der Waals surface area contributed by atoms with E-state index in [2.05, 4.69) is 31.0 Å². The Labute approximate surface area is 348 Å². The van der Waals surface area contributed by atoms with Crippen molar-refractivity contribution in [3.8, 4) is 23.0 Å². The number of anilines is 5. The molecule has 4 aromatic carbocycles. The van der Waals surface area contributed by atoms with Crippen LogP contribution in [0.1, 0.15) is 56.5 Å². The van der Waals surface area contributed by atoms with Crippen LogP contribution in [0.4, 0.5) is 42.1 Å². The van der Waals surface area contributed by atoms with Crippen LogP contribution in [0, 0.1) is 0 Å². The summed E-state index contributed by atoms with van der Waals surface area (Å²) in [5.74, 6) is 1.30. The van der Waals surface area contributed by atoms with Crippen LogP contribution in [-0.4, -0.2) is 75.9 Å². The topological polar surface area (TPSA) is 172 Å². The summed E-state index contributed by atoms with van der Waals surface area (Å²) in [5, 5.41) is 13.1. The third kappa shape index (κ3) is 10.3. The number of carbonyl (C=O) groups excluding carboxylic acids is 2. The maximum Gasteiger partial charge on any atom is 0.323 e. The van der Waals surface area contributed by atoms with Crippen LogP contribution >= 0.6 is 0 Å². The van der Waals surface area contributed by atoms with Gasteiger partial charge >= 0.3 is 6.03 Å². The number of ether oxygens (including phenoxy) is 3. The van der Waals surface area contributed by atoms with E-state index in [1.54, 1.807) is 67.7 Å². The number of piperidine rings is 1. The molecule has 3 unspecified atom stereocenters. The number of methoxy groups -OCH3 is 2.